The minimum absolute atomic E-state index is 0.0842. The SMILES string of the molecule is O=Cc1cncc(Oc2c(Cl)cccc2[N+](=O)[O-])c1. The average molecular weight is 279 g/mol. The van der Waals surface area contributed by atoms with Gasteiger partial charge in [0, 0.05) is 17.8 Å². The molecule has 0 spiro atoms. The molecule has 2 aromatic rings. The van der Waals surface area contributed by atoms with Crippen molar-refractivity contribution in [2.75, 3.05) is 0 Å². The standard InChI is InChI=1S/C12H7ClN2O4/c13-10-2-1-3-11(15(17)18)12(10)19-9-4-8(7-16)5-14-6-9/h1-7H. The zero-order chi connectivity index (χ0) is 13.8. The Labute approximate surface area is 112 Å². The van der Waals surface area contributed by atoms with Gasteiger partial charge >= 0.3 is 5.69 Å². The molecule has 1 aromatic heterocycles. The fourth-order valence-corrected chi connectivity index (χ4v) is 1.62. The fourth-order valence-electron chi connectivity index (χ4n) is 1.42. The summed E-state index contributed by atoms with van der Waals surface area (Å²) in [4.78, 5) is 24.7. The van der Waals surface area contributed by atoms with Gasteiger partial charge in [-0.1, -0.05) is 17.7 Å². The molecule has 7 heteroatoms. The quantitative estimate of drug-likeness (QED) is 0.487. The van der Waals surface area contributed by atoms with E-state index in [0.29, 0.717) is 11.8 Å². The van der Waals surface area contributed by atoms with E-state index in [-0.39, 0.29) is 22.2 Å². The van der Waals surface area contributed by atoms with Gasteiger partial charge in [0.05, 0.1) is 16.1 Å². The van der Waals surface area contributed by atoms with Crippen LogP contribution in [0.2, 0.25) is 5.02 Å². The van der Waals surface area contributed by atoms with Crippen LogP contribution in [0.25, 0.3) is 0 Å². The monoisotopic (exact) mass is 278 g/mol. The van der Waals surface area contributed by atoms with Crippen LogP contribution in [-0.2, 0) is 0 Å². The van der Waals surface area contributed by atoms with E-state index in [1.54, 1.807) is 0 Å². The van der Waals surface area contributed by atoms with Gasteiger partial charge in [0.2, 0.25) is 5.75 Å². The Morgan fingerprint density at radius 2 is 2.16 bits per heavy atom. The first-order valence-corrected chi connectivity index (χ1v) is 5.50. The van der Waals surface area contributed by atoms with Crippen LogP contribution in [0.3, 0.4) is 0 Å². The average Bonchev–Trinajstić information content (AvgIpc) is 2.41. The van der Waals surface area contributed by atoms with E-state index in [4.69, 9.17) is 16.3 Å². The number of nitrogens with zero attached hydrogens (tertiary/aromatic N) is 2. The van der Waals surface area contributed by atoms with Crippen molar-refractivity contribution in [2.45, 2.75) is 0 Å². The van der Waals surface area contributed by atoms with Crippen molar-refractivity contribution in [2.24, 2.45) is 0 Å². The molecule has 1 aromatic carbocycles. The third-order valence-electron chi connectivity index (χ3n) is 2.23. The minimum Gasteiger partial charge on any atom is -0.447 e. The van der Waals surface area contributed by atoms with Gasteiger partial charge in [0.15, 0.2) is 6.29 Å². The molecule has 2 rings (SSSR count). The van der Waals surface area contributed by atoms with Crippen molar-refractivity contribution in [3.8, 4) is 11.5 Å². The van der Waals surface area contributed by atoms with Crippen molar-refractivity contribution < 1.29 is 14.5 Å². The summed E-state index contributed by atoms with van der Waals surface area (Å²) in [7, 11) is 0. The molecule has 0 aliphatic rings. The first-order chi connectivity index (χ1) is 9.11. The van der Waals surface area contributed by atoms with E-state index in [0.717, 1.165) is 0 Å². The number of carbonyl (C=O) groups is 1. The summed E-state index contributed by atoms with van der Waals surface area (Å²) < 4.78 is 5.35. The van der Waals surface area contributed by atoms with Crippen LogP contribution in [0, 0.1) is 10.1 Å². The number of carbonyl (C=O) groups excluding carboxylic acids is 1. The molecular weight excluding hydrogens is 272 g/mol. The molecule has 1 heterocycles. The molecule has 6 nitrogen and oxygen atoms in total. The zero-order valence-electron chi connectivity index (χ0n) is 9.45. The summed E-state index contributed by atoms with van der Waals surface area (Å²) in [6.07, 6.45) is 3.28. The summed E-state index contributed by atoms with van der Waals surface area (Å²) in [5.74, 6) is 0.111. The molecule has 0 bridgehead atoms. The molecular formula is C12H7ClN2O4. The lowest BCUT2D eigenvalue weighted by Gasteiger charge is -2.07. The molecule has 0 amide bonds. The summed E-state index contributed by atoms with van der Waals surface area (Å²) in [6, 6.07) is 5.61. The lowest BCUT2D eigenvalue weighted by Crippen LogP contribution is -1.95. The van der Waals surface area contributed by atoms with Crippen molar-refractivity contribution in [1.29, 1.82) is 0 Å². The summed E-state index contributed by atoms with van der Waals surface area (Å²) in [5, 5.41) is 11.0. The van der Waals surface area contributed by atoms with Crippen LogP contribution in [0.1, 0.15) is 10.4 Å². The largest absolute Gasteiger partial charge is 0.447 e. The number of halogens is 1. The molecule has 19 heavy (non-hydrogen) atoms. The zero-order valence-corrected chi connectivity index (χ0v) is 10.2. The molecule has 0 unspecified atom stereocenters. The second-order valence-electron chi connectivity index (χ2n) is 3.52. The van der Waals surface area contributed by atoms with Crippen LogP contribution in [-0.4, -0.2) is 16.2 Å². The molecule has 0 atom stereocenters. The maximum absolute atomic E-state index is 10.9. The highest BCUT2D eigenvalue weighted by atomic mass is 35.5. The van der Waals surface area contributed by atoms with Crippen molar-refractivity contribution in [3.05, 3.63) is 57.4 Å². The number of hydrogen-bond donors (Lipinski definition) is 0. The fraction of sp³-hybridized carbons (Fsp3) is 0. The molecule has 0 fully saturated rings. The van der Waals surface area contributed by atoms with Crippen molar-refractivity contribution >= 4 is 23.6 Å². The number of ether oxygens (including phenoxy) is 1. The van der Waals surface area contributed by atoms with Crippen LogP contribution in [0.5, 0.6) is 11.5 Å². The number of aromatic nitrogens is 1. The predicted molar refractivity (Wildman–Crippen MR) is 67.8 cm³/mol. The van der Waals surface area contributed by atoms with Crippen LogP contribution in [0.15, 0.2) is 36.7 Å². The number of nitro groups is 1. The number of rotatable bonds is 4. The number of benzene rings is 1. The Kier molecular flexibility index (Phi) is 3.72. The lowest BCUT2D eigenvalue weighted by molar-refractivity contribution is -0.385. The smallest absolute Gasteiger partial charge is 0.313 e. The van der Waals surface area contributed by atoms with Crippen LogP contribution >= 0.6 is 11.6 Å². The van der Waals surface area contributed by atoms with Gasteiger partial charge in [0.1, 0.15) is 5.75 Å². The highest BCUT2D eigenvalue weighted by molar-refractivity contribution is 6.32. The Bertz CT molecular complexity index is 645. The van der Waals surface area contributed by atoms with E-state index in [1.807, 2.05) is 0 Å². The third kappa shape index (κ3) is 2.86. The Hall–Kier alpha value is -2.47. The van der Waals surface area contributed by atoms with Gasteiger partial charge in [-0.05, 0) is 12.1 Å². The minimum atomic E-state index is -0.599. The van der Waals surface area contributed by atoms with Gasteiger partial charge < -0.3 is 4.74 Å². The Morgan fingerprint density at radius 3 is 2.84 bits per heavy atom. The molecule has 96 valence electrons. The number of para-hydroxylation sites is 1. The summed E-state index contributed by atoms with van der Waals surface area (Å²) in [6.45, 7) is 0. The molecule has 0 saturated carbocycles. The Balaban J connectivity index is 2.42. The topological polar surface area (TPSA) is 82.3 Å². The highest BCUT2D eigenvalue weighted by Gasteiger charge is 2.19. The van der Waals surface area contributed by atoms with Gasteiger partial charge in [-0.15, -0.1) is 0 Å². The number of hydrogen-bond acceptors (Lipinski definition) is 5. The molecule has 0 N–H and O–H groups in total. The first-order valence-electron chi connectivity index (χ1n) is 5.13. The van der Waals surface area contributed by atoms with E-state index in [1.165, 1.54) is 36.7 Å². The first kappa shape index (κ1) is 13.0. The second kappa shape index (κ2) is 5.45. The van der Waals surface area contributed by atoms with Gasteiger partial charge in [-0.25, -0.2) is 0 Å². The van der Waals surface area contributed by atoms with E-state index in [2.05, 4.69) is 4.98 Å². The van der Waals surface area contributed by atoms with Crippen LogP contribution < -0.4 is 4.74 Å². The predicted octanol–water partition coefficient (Wildman–Crippen LogP) is 3.25. The molecule has 0 aliphatic carbocycles. The lowest BCUT2D eigenvalue weighted by atomic mass is 10.3. The van der Waals surface area contributed by atoms with Crippen molar-refractivity contribution in [1.82, 2.24) is 4.98 Å². The number of aldehydes is 1. The van der Waals surface area contributed by atoms with E-state index >= 15 is 0 Å². The van der Waals surface area contributed by atoms with Gasteiger partial charge in [0.25, 0.3) is 0 Å². The highest BCUT2D eigenvalue weighted by Crippen LogP contribution is 2.37. The summed E-state index contributed by atoms with van der Waals surface area (Å²) in [5.41, 5.74) is 0.0382. The molecule has 0 saturated heterocycles. The third-order valence-corrected chi connectivity index (χ3v) is 2.53. The van der Waals surface area contributed by atoms with E-state index < -0.39 is 4.92 Å². The maximum Gasteiger partial charge on any atom is 0.313 e. The van der Waals surface area contributed by atoms with Gasteiger partial charge in [-0.2, -0.15) is 0 Å². The van der Waals surface area contributed by atoms with Crippen LogP contribution in [0.4, 0.5) is 5.69 Å². The molecule has 0 aliphatic heterocycles. The van der Waals surface area contributed by atoms with Crippen molar-refractivity contribution in [3.63, 3.8) is 0 Å². The number of pyridine rings is 1. The Morgan fingerprint density at radius 1 is 1.37 bits per heavy atom. The summed E-state index contributed by atoms with van der Waals surface area (Å²) >= 11 is 5.88. The van der Waals surface area contributed by atoms with Gasteiger partial charge in [-0.3, -0.25) is 19.9 Å². The van der Waals surface area contributed by atoms with E-state index in [9.17, 15) is 14.9 Å². The normalized spacial score (nSPS) is 9.95. The molecule has 0 radical (unpaired) electrons. The second-order valence-corrected chi connectivity index (χ2v) is 3.93. The maximum atomic E-state index is 10.9. The number of nitro benzene ring substituents is 1.